The predicted octanol–water partition coefficient (Wildman–Crippen LogP) is 2.07. The monoisotopic (exact) mass is 170 g/mol. The van der Waals surface area contributed by atoms with E-state index in [1.165, 1.54) is 18.9 Å². The van der Waals surface area contributed by atoms with Crippen molar-refractivity contribution in [1.82, 2.24) is 0 Å². The molecule has 0 aromatic carbocycles. The van der Waals surface area contributed by atoms with E-state index in [-0.39, 0.29) is 6.10 Å². The third-order valence-corrected chi connectivity index (χ3v) is 1.76. The normalized spacial score (nSPS) is 13.5. The van der Waals surface area contributed by atoms with Crippen LogP contribution in [0.4, 0.5) is 0 Å². The molecule has 0 aromatic heterocycles. The van der Waals surface area contributed by atoms with Gasteiger partial charge in [0.05, 0.1) is 6.10 Å². The number of carbonyl (C=O) groups excluding carboxylic acids is 1. The van der Waals surface area contributed by atoms with E-state index in [4.69, 9.17) is 0 Å². The highest BCUT2D eigenvalue weighted by atomic mass is 16.3. The molecule has 0 rings (SSSR count). The van der Waals surface area contributed by atoms with Gasteiger partial charge in [-0.05, 0) is 18.9 Å². The number of carbonyl (C=O) groups is 1. The highest BCUT2D eigenvalue weighted by Gasteiger charge is 1.99. The molecule has 2 heteroatoms. The van der Waals surface area contributed by atoms with Crippen molar-refractivity contribution in [2.24, 2.45) is 0 Å². The van der Waals surface area contributed by atoms with Gasteiger partial charge in [-0.25, -0.2) is 0 Å². The number of hydrogen-bond donors (Lipinski definition) is 1. The molecule has 0 amide bonds. The second-order valence-corrected chi connectivity index (χ2v) is 2.95. The van der Waals surface area contributed by atoms with Gasteiger partial charge in [0.25, 0.3) is 0 Å². The Morgan fingerprint density at radius 1 is 1.42 bits per heavy atom. The van der Waals surface area contributed by atoms with Gasteiger partial charge < -0.3 is 5.11 Å². The van der Waals surface area contributed by atoms with Crippen molar-refractivity contribution in [3.8, 4) is 0 Å². The fourth-order valence-corrected chi connectivity index (χ4v) is 1.04. The lowest BCUT2D eigenvalue weighted by Gasteiger charge is -2.05. The maximum absolute atomic E-state index is 9.88. The fraction of sp³-hybridized carbons (Fsp3) is 0.700. The Morgan fingerprint density at radius 2 is 2.17 bits per heavy atom. The number of aliphatic hydroxyl groups is 1. The number of aldehydes is 1. The fourth-order valence-electron chi connectivity index (χ4n) is 1.04. The van der Waals surface area contributed by atoms with Crippen molar-refractivity contribution in [3.63, 3.8) is 0 Å². The summed E-state index contributed by atoms with van der Waals surface area (Å²) in [5.74, 6) is 0. The Morgan fingerprint density at radius 3 is 2.75 bits per heavy atom. The molecule has 1 N–H and O–H groups in total. The van der Waals surface area contributed by atoms with E-state index >= 15 is 0 Å². The zero-order valence-corrected chi connectivity index (χ0v) is 7.70. The molecule has 1 atom stereocenters. The Balaban J connectivity index is 3.26. The van der Waals surface area contributed by atoms with Gasteiger partial charge in [-0.15, -0.1) is 0 Å². The molecular formula is C10H18O2. The van der Waals surface area contributed by atoms with Gasteiger partial charge in [0.2, 0.25) is 0 Å². The van der Waals surface area contributed by atoms with Crippen molar-refractivity contribution in [2.75, 3.05) is 0 Å². The zero-order chi connectivity index (χ0) is 9.23. The number of unbranched alkanes of at least 4 members (excludes halogenated alkanes) is 2. The van der Waals surface area contributed by atoms with Gasteiger partial charge >= 0.3 is 0 Å². The lowest BCUT2D eigenvalue weighted by molar-refractivity contribution is -0.104. The number of aliphatic hydroxyl groups excluding tert-OH is 1. The van der Waals surface area contributed by atoms with E-state index in [1.807, 2.05) is 0 Å². The topological polar surface area (TPSA) is 37.3 Å². The highest BCUT2D eigenvalue weighted by Crippen LogP contribution is 2.06. The summed E-state index contributed by atoms with van der Waals surface area (Å²) >= 11 is 0. The van der Waals surface area contributed by atoms with Crippen LogP contribution in [0.5, 0.6) is 0 Å². The molecule has 0 spiro atoms. The van der Waals surface area contributed by atoms with Crippen LogP contribution < -0.4 is 0 Å². The van der Waals surface area contributed by atoms with Crippen LogP contribution >= 0.6 is 0 Å². The van der Waals surface area contributed by atoms with Crippen molar-refractivity contribution < 1.29 is 9.90 Å². The van der Waals surface area contributed by atoms with Gasteiger partial charge in [-0.3, -0.25) is 4.79 Å². The average Bonchev–Trinajstić information content (AvgIpc) is 2.06. The molecule has 0 saturated heterocycles. The average molecular weight is 170 g/mol. The van der Waals surface area contributed by atoms with E-state index in [0.29, 0.717) is 6.42 Å². The zero-order valence-electron chi connectivity index (χ0n) is 7.70. The first-order valence-corrected chi connectivity index (χ1v) is 4.59. The molecule has 2 nitrogen and oxygen atoms in total. The molecule has 0 radical (unpaired) electrons. The van der Waals surface area contributed by atoms with Gasteiger partial charge in [-0.2, -0.15) is 0 Å². The molecule has 0 aromatic rings. The Hall–Kier alpha value is -0.630. The van der Waals surface area contributed by atoms with Gasteiger partial charge in [-0.1, -0.05) is 32.3 Å². The minimum absolute atomic E-state index is 0.271. The standard InChI is InChI=1S/C10H18O2/c1-2-3-4-7-10(12)8-5-6-9-11/h5-6,9-10,12H,2-4,7-8H2,1H3/b6-5+. The van der Waals surface area contributed by atoms with Crippen LogP contribution in [0, 0.1) is 0 Å². The van der Waals surface area contributed by atoms with Crippen molar-refractivity contribution in [3.05, 3.63) is 12.2 Å². The summed E-state index contributed by atoms with van der Waals surface area (Å²) < 4.78 is 0. The minimum Gasteiger partial charge on any atom is -0.393 e. The van der Waals surface area contributed by atoms with Crippen LogP contribution in [-0.2, 0) is 4.79 Å². The first-order chi connectivity index (χ1) is 5.81. The van der Waals surface area contributed by atoms with E-state index in [2.05, 4.69) is 6.92 Å². The molecule has 70 valence electrons. The van der Waals surface area contributed by atoms with E-state index < -0.39 is 0 Å². The summed E-state index contributed by atoms with van der Waals surface area (Å²) in [5, 5.41) is 9.34. The number of allylic oxidation sites excluding steroid dienone is 1. The smallest absolute Gasteiger partial charge is 0.142 e. The van der Waals surface area contributed by atoms with E-state index in [1.54, 1.807) is 6.08 Å². The molecule has 0 aliphatic rings. The maximum Gasteiger partial charge on any atom is 0.142 e. The molecule has 0 aliphatic heterocycles. The molecule has 0 heterocycles. The largest absolute Gasteiger partial charge is 0.393 e. The third kappa shape index (κ3) is 7.48. The molecule has 0 fully saturated rings. The van der Waals surface area contributed by atoms with Gasteiger partial charge in [0.15, 0.2) is 0 Å². The van der Waals surface area contributed by atoms with E-state index in [9.17, 15) is 9.90 Å². The lowest BCUT2D eigenvalue weighted by Crippen LogP contribution is -2.04. The molecule has 0 bridgehead atoms. The Bertz CT molecular complexity index is 130. The minimum atomic E-state index is -0.271. The van der Waals surface area contributed by atoms with Gasteiger partial charge in [0, 0.05) is 0 Å². The first-order valence-electron chi connectivity index (χ1n) is 4.59. The van der Waals surface area contributed by atoms with Crippen LogP contribution in [0.25, 0.3) is 0 Å². The molecule has 1 unspecified atom stereocenters. The second-order valence-electron chi connectivity index (χ2n) is 2.95. The molecule has 0 aliphatic carbocycles. The quantitative estimate of drug-likeness (QED) is 0.361. The summed E-state index contributed by atoms with van der Waals surface area (Å²) in [4.78, 5) is 9.88. The summed E-state index contributed by atoms with van der Waals surface area (Å²) in [6.45, 7) is 2.14. The van der Waals surface area contributed by atoms with Gasteiger partial charge in [0.1, 0.15) is 6.29 Å². The third-order valence-electron chi connectivity index (χ3n) is 1.76. The second kappa shape index (κ2) is 8.47. The van der Waals surface area contributed by atoms with Crippen molar-refractivity contribution >= 4 is 6.29 Å². The summed E-state index contributed by atoms with van der Waals surface area (Å²) in [6, 6.07) is 0. The highest BCUT2D eigenvalue weighted by molar-refractivity contribution is 5.64. The Labute approximate surface area is 74.3 Å². The van der Waals surface area contributed by atoms with Crippen LogP contribution in [0.3, 0.4) is 0 Å². The van der Waals surface area contributed by atoms with Crippen molar-refractivity contribution in [1.29, 1.82) is 0 Å². The SMILES string of the molecule is CCCCCC(O)C/C=C/C=O. The number of hydrogen-bond acceptors (Lipinski definition) is 2. The molecule has 0 saturated carbocycles. The summed E-state index contributed by atoms with van der Waals surface area (Å²) in [5.41, 5.74) is 0. The van der Waals surface area contributed by atoms with Crippen LogP contribution in [0.2, 0.25) is 0 Å². The van der Waals surface area contributed by atoms with Crippen LogP contribution in [-0.4, -0.2) is 17.5 Å². The Kier molecular flexibility index (Phi) is 8.02. The predicted molar refractivity (Wildman–Crippen MR) is 50.0 cm³/mol. The van der Waals surface area contributed by atoms with Crippen LogP contribution in [0.1, 0.15) is 39.0 Å². The summed E-state index contributed by atoms with van der Waals surface area (Å²) in [6.07, 6.45) is 8.48. The maximum atomic E-state index is 9.88. The van der Waals surface area contributed by atoms with E-state index in [0.717, 1.165) is 19.1 Å². The molecular weight excluding hydrogens is 152 g/mol. The summed E-state index contributed by atoms with van der Waals surface area (Å²) in [7, 11) is 0. The van der Waals surface area contributed by atoms with Crippen LogP contribution in [0.15, 0.2) is 12.2 Å². The van der Waals surface area contributed by atoms with Crippen molar-refractivity contribution in [2.45, 2.75) is 45.1 Å². The number of rotatable bonds is 7. The first kappa shape index (κ1) is 11.4. The molecule has 12 heavy (non-hydrogen) atoms. The lowest BCUT2D eigenvalue weighted by atomic mass is 10.1.